The molecule has 4 rings (SSSR count). The number of hydrogen-bond acceptors (Lipinski definition) is 5. The van der Waals surface area contributed by atoms with Gasteiger partial charge in [0.05, 0.1) is 18.2 Å². The molecule has 0 radical (unpaired) electrons. The number of primary amides is 1. The molecule has 2 amide bonds. The molecule has 4 N–H and O–H groups in total. The number of hydrogen-bond donors (Lipinski definition) is 3. The Bertz CT molecular complexity index is 1050. The van der Waals surface area contributed by atoms with Crippen molar-refractivity contribution >= 4 is 39.5 Å². The number of carbonyl (C=O) groups is 2. The van der Waals surface area contributed by atoms with Crippen LogP contribution in [0.4, 0.5) is 9.39 Å². The van der Waals surface area contributed by atoms with Gasteiger partial charge in [-0.2, -0.15) is 0 Å². The van der Waals surface area contributed by atoms with E-state index in [-0.39, 0.29) is 24.3 Å². The van der Waals surface area contributed by atoms with Crippen molar-refractivity contribution in [3.05, 3.63) is 74.0 Å². The molecule has 1 aliphatic rings. The maximum atomic E-state index is 13.3. The summed E-state index contributed by atoms with van der Waals surface area (Å²) < 4.78 is 13.3. The fourth-order valence-corrected chi connectivity index (χ4v) is 5.91. The molecule has 3 aromatic rings. The molecule has 0 aliphatic heterocycles. The molecule has 2 aromatic heterocycles. The van der Waals surface area contributed by atoms with Crippen molar-refractivity contribution in [1.82, 2.24) is 5.32 Å². The fourth-order valence-electron chi connectivity index (χ4n) is 3.77. The van der Waals surface area contributed by atoms with E-state index in [1.807, 2.05) is 17.5 Å². The monoisotopic (exact) mass is 443 g/mol. The van der Waals surface area contributed by atoms with Gasteiger partial charge in [-0.3, -0.25) is 14.9 Å². The Kier molecular flexibility index (Phi) is 6.26. The first-order chi connectivity index (χ1) is 14.5. The summed E-state index contributed by atoms with van der Waals surface area (Å²) in [5.41, 5.74) is 7.92. The van der Waals surface area contributed by atoms with Crippen LogP contribution in [0.3, 0.4) is 0 Å². The van der Waals surface area contributed by atoms with Gasteiger partial charge in [0.2, 0.25) is 5.91 Å². The van der Waals surface area contributed by atoms with E-state index in [1.54, 1.807) is 23.5 Å². The maximum absolute atomic E-state index is 13.3. The van der Waals surface area contributed by atoms with E-state index >= 15 is 0 Å². The second kappa shape index (κ2) is 9.07. The number of fused-ring (bicyclic) bond motifs is 1. The molecule has 5 nitrogen and oxygen atoms in total. The highest BCUT2D eigenvalue weighted by atomic mass is 32.1. The van der Waals surface area contributed by atoms with Crippen LogP contribution in [0.1, 0.15) is 50.1 Å². The first-order valence-corrected chi connectivity index (χ1v) is 11.5. The molecule has 30 heavy (non-hydrogen) atoms. The van der Waals surface area contributed by atoms with E-state index in [0.29, 0.717) is 10.6 Å². The number of rotatable bonds is 7. The summed E-state index contributed by atoms with van der Waals surface area (Å²) in [5, 5.41) is 8.62. The lowest BCUT2D eigenvalue weighted by Crippen LogP contribution is -2.32. The van der Waals surface area contributed by atoms with Crippen molar-refractivity contribution in [2.45, 2.75) is 31.7 Å². The number of nitrogens with one attached hydrogen (secondary N) is 2. The third kappa shape index (κ3) is 4.45. The zero-order chi connectivity index (χ0) is 21.1. The van der Waals surface area contributed by atoms with E-state index < -0.39 is 5.91 Å². The van der Waals surface area contributed by atoms with E-state index in [9.17, 15) is 14.0 Å². The Hall–Kier alpha value is -2.55. The normalized spacial score (nSPS) is 14.2. The van der Waals surface area contributed by atoms with Crippen molar-refractivity contribution in [2.24, 2.45) is 5.73 Å². The van der Waals surface area contributed by atoms with Gasteiger partial charge in [-0.1, -0.05) is 18.2 Å². The topological polar surface area (TPSA) is 84.2 Å². The van der Waals surface area contributed by atoms with Gasteiger partial charge in [0.25, 0.3) is 5.91 Å². The minimum Gasteiger partial charge on any atom is -0.365 e. The SMILES string of the molecule is NC(=O)c1c(NC(=O)CN[C@@H](c2ccc(F)cc2)c2cccs2)sc2c1CCCC2. The molecular weight excluding hydrogens is 421 g/mol. The highest BCUT2D eigenvalue weighted by molar-refractivity contribution is 7.17. The summed E-state index contributed by atoms with van der Waals surface area (Å²) >= 11 is 3.01. The van der Waals surface area contributed by atoms with Gasteiger partial charge in [0.1, 0.15) is 10.8 Å². The van der Waals surface area contributed by atoms with Gasteiger partial charge < -0.3 is 11.1 Å². The standard InChI is InChI=1S/C22H22FN3O2S2/c23-14-9-7-13(8-10-14)20(17-6-3-11-29-17)25-12-18(27)26-22-19(21(24)28)15-4-1-2-5-16(15)30-22/h3,6-11,20,25H,1-2,4-5,12H2,(H2,24,28)(H,26,27)/t20-/m0/s1. The number of amides is 2. The summed E-state index contributed by atoms with van der Waals surface area (Å²) in [6.45, 7) is 0.0424. The second-order valence-electron chi connectivity index (χ2n) is 7.21. The van der Waals surface area contributed by atoms with Gasteiger partial charge in [-0.05, 0) is 60.4 Å². The predicted octanol–water partition coefficient (Wildman–Crippen LogP) is 4.24. The van der Waals surface area contributed by atoms with Crippen LogP contribution in [0.2, 0.25) is 0 Å². The van der Waals surface area contributed by atoms with Crippen molar-refractivity contribution in [2.75, 3.05) is 11.9 Å². The minimum atomic E-state index is -0.500. The summed E-state index contributed by atoms with van der Waals surface area (Å²) in [4.78, 5) is 26.9. The van der Waals surface area contributed by atoms with Crippen LogP contribution in [-0.4, -0.2) is 18.4 Å². The molecule has 2 heterocycles. The summed E-state index contributed by atoms with van der Waals surface area (Å²) in [6.07, 6.45) is 3.85. The zero-order valence-electron chi connectivity index (χ0n) is 16.2. The lowest BCUT2D eigenvalue weighted by molar-refractivity contribution is -0.115. The van der Waals surface area contributed by atoms with E-state index in [2.05, 4.69) is 10.6 Å². The summed E-state index contributed by atoms with van der Waals surface area (Å²) in [7, 11) is 0. The highest BCUT2D eigenvalue weighted by Crippen LogP contribution is 2.37. The number of carbonyl (C=O) groups excluding carboxylic acids is 2. The molecule has 0 saturated carbocycles. The van der Waals surface area contributed by atoms with E-state index in [1.165, 1.54) is 23.5 Å². The fraction of sp³-hybridized carbons (Fsp3) is 0.273. The molecular formula is C22H22FN3O2S2. The molecule has 1 atom stereocenters. The Morgan fingerprint density at radius 1 is 1.13 bits per heavy atom. The maximum Gasteiger partial charge on any atom is 0.251 e. The molecule has 8 heteroatoms. The van der Waals surface area contributed by atoms with E-state index in [0.717, 1.165) is 46.6 Å². The van der Waals surface area contributed by atoms with Gasteiger partial charge in [-0.25, -0.2) is 4.39 Å². The van der Waals surface area contributed by atoms with Crippen LogP contribution in [0.5, 0.6) is 0 Å². The summed E-state index contributed by atoms with van der Waals surface area (Å²) in [6, 6.07) is 9.92. The molecule has 0 saturated heterocycles. The average Bonchev–Trinajstić information content (AvgIpc) is 3.37. The van der Waals surface area contributed by atoms with E-state index in [4.69, 9.17) is 5.73 Å². The number of halogens is 1. The van der Waals surface area contributed by atoms with Crippen LogP contribution in [0.15, 0.2) is 41.8 Å². The Balaban J connectivity index is 1.49. The smallest absolute Gasteiger partial charge is 0.251 e. The number of aryl methyl sites for hydroxylation is 1. The molecule has 0 unspecified atom stereocenters. The zero-order valence-corrected chi connectivity index (χ0v) is 17.9. The van der Waals surface area contributed by atoms with Crippen LogP contribution in [0, 0.1) is 5.82 Å². The van der Waals surface area contributed by atoms with Crippen molar-refractivity contribution in [1.29, 1.82) is 0 Å². The lowest BCUT2D eigenvalue weighted by Gasteiger charge is -2.18. The molecule has 0 bridgehead atoms. The first kappa shape index (κ1) is 20.7. The van der Waals surface area contributed by atoms with Gasteiger partial charge >= 0.3 is 0 Å². The lowest BCUT2D eigenvalue weighted by atomic mass is 9.95. The molecule has 1 aromatic carbocycles. The van der Waals surface area contributed by atoms with Crippen LogP contribution < -0.4 is 16.4 Å². The van der Waals surface area contributed by atoms with Gasteiger partial charge in [0, 0.05) is 9.75 Å². The van der Waals surface area contributed by atoms with Crippen molar-refractivity contribution in [3.8, 4) is 0 Å². The molecule has 156 valence electrons. The van der Waals surface area contributed by atoms with Crippen molar-refractivity contribution in [3.63, 3.8) is 0 Å². The largest absolute Gasteiger partial charge is 0.365 e. The molecule has 1 aliphatic carbocycles. The number of anilines is 1. The Morgan fingerprint density at radius 2 is 1.90 bits per heavy atom. The van der Waals surface area contributed by atoms with Gasteiger partial charge in [-0.15, -0.1) is 22.7 Å². The number of thiophene rings is 2. The van der Waals surface area contributed by atoms with Gasteiger partial charge in [0.15, 0.2) is 0 Å². The number of benzene rings is 1. The van der Waals surface area contributed by atoms with Crippen LogP contribution >= 0.6 is 22.7 Å². The Morgan fingerprint density at radius 3 is 2.60 bits per heavy atom. The predicted molar refractivity (Wildman–Crippen MR) is 119 cm³/mol. The van der Waals surface area contributed by atoms with Crippen LogP contribution in [-0.2, 0) is 17.6 Å². The second-order valence-corrected chi connectivity index (χ2v) is 9.29. The minimum absolute atomic E-state index is 0.0424. The highest BCUT2D eigenvalue weighted by Gasteiger charge is 2.25. The molecule has 0 spiro atoms. The van der Waals surface area contributed by atoms with Crippen molar-refractivity contribution < 1.29 is 14.0 Å². The quantitative estimate of drug-likeness (QED) is 0.511. The Labute approximate surface area is 182 Å². The average molecular weight is 444 g/mol. The number of nitrogens with two attached hydrogens (primary N) is 1. The third-order valence-electron chi connectivity index (χ3n) is 5.17. The molecule has 0 fully saturated rings. The third-order valence-corrected chi connectivity index (χ3v) is 7.31. The first-order valence-electron chi connectivity index (χ1n) is 9.79. The van der Waals surface area contributed by atoms with Crippen LogP contribution in [0.25, 0.3) is 0 Å². The summed E-state index contributed by atoms with van der Waals surface area (Å²) in [5.74, 6) is -1.05.